The van der Waals surface area contributed by atoms with E-state index in [9.17, 15) is 0 Å². The molecule has 0 atom stereocenters. The summed E-state index contributed by atoms with van der Waals surface area (Å²) in [4.78, 5) is 9.25. The van der Waals surface area contributed by atoms with Gasteiger partial charge in [-0.05, 0) is 54.0 Å². The number of hydrogen-bond donors (Lipinski definition) is 1. The highest BCUT2D eigenvalue weighted by atomic mass is 127. The van der Waals surface area contributed by atoms with Gasteiger partial charge in [0.25, 0.3) is 0 Å². The van der Waals surface area contributed by atoms with Crippen molar-refractivity contribution in [2.75, 3.05) is 5.73 Å². The molecule has 2 N–H and O–H groups in total. The molecule has 0 amide bonds. The highest BCUT2D eigenvalue weighted by Gasteiger charge is 2.23. The molecule has 0 spiro atoms. The van der Waals surface area contributed by atoms with E-state index in [0.717, 1.165) is 25.4 Å². The summed E-state index contributed by atoms with van der Waals surface area (Å²) in [6.45, 7) is 1.99. The van der Waals surface area contributed by atoms with Crippen molar-refractivity contribution in [1.82, 2.24) is 9.97 Å². The second-order valence-electron chi connectivity index (χ2n) is 5.58. The topological polar surface area (TPSA) is 51.8 Å². The van der Waals surface area contributed by atoms with Crippen LogP contribution in [-0.4, -0.2) is 9.97 Å². The lowest BCUT2D eigenvalue weighted by Gasteiger charge is -2.14. The summed E-state index contributed by atoms with van der Waals surface area (Å²) < 4.78 is 1.00. The number of aromatic nitrogens is 2. The van der Waals surface area contributed by atoms with Crippen LogP contribution in [0.5, 0.6) is 0 Å². The average molecular weight is 414 g/mol. The number of nitrogens with zero attached hydrogens (tertiary/aromatic N) is 2. The van der Waals surface area contributed by atoms with Crippen LogP contribution in [0.25, 0.3) is 11.4 Å². The zero-order valence-electron chi connectivity index (χ0n) is 11.9. The maximum absolute atomic E-state index is 6.21. The molecular formula is C16H17ClIN3. The van der Waals surface area contributed by atoms with Crippen molar-refractivity contribution >= 4 is 40.0 Å². The molecule has 110 valence electrons. The molecule has 3 rings (SSSR count). The van der Waals surface area contributed by atoms with Gasteiger partial charge in [0.2, 0.25) is 0 Å². The van der Waals surface area contributed by atoms with Crippen molar-refractivity contribution in [3.63, 3.8) is 0 Å². The summed E-state index contributed by atoms with van der Waals surface area (Å²) in [5.41, 5.74) is 9.18. The number of nitrogen functional groups attached to an aromatic ring is 1. The number of hydrogen-bond acceptors (Lipinski definition) is 3. The third-order valence-electron chi connectivity index (χ3n) is 4.07. The molecule has 0 saturated heterocycles. The van der Waals surface area contributed by atoms with E-state index in [1.165, 1.54) is 25.7 Å². The van der Waals surface area contributed by atoms with Crippen LogP contribution in [0.3, 0.4) is 0 Å². The fourth-order valence-corrected chi connectivity index (χ4v) is 3.68. The van der Waals surface area contributed by atoms with E-state index in [1.807, 2.05) is 25.1 Å². The Kier molecular flexibility index (Phi) is 4.36. The maximum atomic E-state index is 6.21. The first-order valence-electron chi connectivity index (χ1n) is 7.15. The van der Waals surface area contributed by atoms with E-state index >= 15 is 0 Å². The molecule has 3 nitrogen and oxygen atoms in total. The Labute approximate surface area is 143 Å². The van der Waals surface area contributed by atoms with Gasteiger partial charge in [-0.15, -0.1) is 0 Å². The van der Waals surface area contributed by atoms with Gasteiger partial charge in [-0.1, -0.05) is 36.6 Å². The molecule has 1 aromatic heterocycles. The highest BCUT2D eigenvalue weighted by molar-refractivity contribution is 14.1. The summed E-state index contributed by atoms with van der Waals surface area (Å²) in [5, 5.41) is 0.732. The van der Waals surface area contributed by atoms with Crippen LogP contribution in [0, 0.1) is 10.5 Å². The molecule has 0 radical (unpaired) electrons. The van der Waals surface area contributed by atoms with E-state index in [-0.39, 0.29) is 0 Å². The van der Waals surface area contributed by atoms with Crippen LogP contribution in [0.1, 0.15) is 42.9 Å². The van der Waals surface area contributed by atoms with E-state index in [4.69, 9.17) is 22.3 Å². The number of aryl methyl sites for hydroxylation is 1. The van der Waals surface area contributed by atoms with Crippen LogP contribution >= 0.6 is 34.2 Å². The molecule has 21 heavy (non-hydrogen) atoms. The predicted octanol–water partition coefficient (Wildman–Crippen LogP) is 4.95. The molecule has 1 heterocycles. The van der Waals surface area contributed by atoms with Crippen molar-refractivity contribution in [1.29, 1.82) is 0 Å². The normalized spacial score (nSPS) is 15.6. The van der Waals surface area contributed by atoms with Gasteiger partial charge >= 0.3 is 0 Å². The lowest BCUT2D eigenvalue weighted by molar-refractivity contribution is 0.691. The Hall–Kier alpha value is -0.880. The van der Waals surface area contributed by atoms with Gasteiger partial charge in [-0.25, -0.2) is 9.97 Å². The molecule has 1 aromatic carbocycles. The Morgan fingerprint density at radius 1 is 1.24 bits per heavy atom. The van der Waals surface area contributed by atoms with Gasteiger partial charge in [0, 0.05) is 16.5 Å². The number of halogens is 2. The van der Waals surface area contributed by atoms with E-state index in [1.54, 1.807) is 0 Å². The van der Waals surface area contributed by atoms with E-state index < -0.39 is 0 Å². The van der Waals surface area contributed by atoms with Crippen molar-refractivity contribution in [2.45, 2.75) is 38.5 Å². The first-order chi connectivity index (χ1) is 10.1. The molecule has 1 aliphatic carbocycles. The van der Waals surface area contributed by atoms with Gasteiger partial charge in [-0.2, -0.15) is 0 Å². The first kappa shape index (κ1) is 15.0. The quantitative estimate of drug-likeness (QED) is 0.709. The Bertz CT molecular complexity index is 681. The number of anilines is 1. The van der Waals surface area contributed by atoms with Gasteiger partial charge < -0.3 is 5.73 Å². The third-order valence-corrected chi connectivity index (χ3v) is 5.59. The van der Waals surface area contributed by atoms with Crippen LogP contribution in [-0.2, 0) is 0 Å². The lowest BCUT2D eigenvalue weighted by atomic mass is 10.0. The van der Waals surface area contributed by atoms with Gasteiger partial charge in [-0.3, -0.25) is 0 Å². The SMILES string of the molecule is Cc1ccc(-c2nc(N)c(I)c(C3CCCC3)n2)cc1Cl. The molecular weight excluding hydrogens is 397 g/mol. The molecule has 2 aromatic rings. The molecule has 1 fully saturated rings. The van der Waals surface area contributed by atoms with Crippen molar-refractivity contribution < 1.29 is 0 Å². The highest BCUT2D eigenvalue weighted by Crippen LogP contribution is 2.37. The first-order valence-corrected chi connectivity index (χ1v) is 8.61. The molecule has 5 heteroatoms. The minimum absolute atomic E-state index is 0.516. The molecule has 0 unspecified atom stereocenters. The van der Waals surface area contributed by atoms with Crippen LogP contribution in [0.2, 0.25) is 5.02 Å². The maximum Gasteiger partial charge on any atom is 0.161 e. The van der Waals surface area contributed by atoms with Gasteiger partial charge in [0.05, 0.1) is 9.26 Å². The van der Waals surface area contributed by atoms with Crippen LogP contribution in [0.15, 0.2) is 18.2 Å². The fourth-order valence-electron chi connectivity index (χ4n) is 2.81. The minimum atomic E-state index is 0.516. The van der Waals surface area contributed by atoms with Gasteiger partial charge in [0.1, 0.15) is 5.82 Å². The number of benzene rings is 1. The molecule has 0 bridgehead atoms. The second kappa shape index (κ2) is 6.08. The monoisotopic (exact) mass is 413 g/mol. The summed E-state index contributed by atoms with van der Waals surface area (Å²) in [6.07, 6.45) is 4.94. The van der Waals surface area contributed by atoms with Gasteiger partial charge in [0.15, 0.2) is 5.82 Å². The number of nitrogens with two attached hydrogens (primary N) is 1. The van der Waals surface area contributed by atoms with Crippen molar-refractivity contribution in [2.24, 2.45) is 0 Å². The largest absolute Gasteiger partial charge is 0.383 e. The smallest absolute Gasteiger partial charge is 0.161 e. The summed E-state index contributed by atoms with van der Waals surface area (Å²) >= 11 is 8.48. The summed E-state index contributed by atoms with van der Waals surface area (Å²) in [7, 11) is 0. The molecule has 0 aliphatic heterocycles. The standard InChI is InChI=1S/C16H17ClIN3/c1-9-6-7-11(8-12(9)17)16-20-14(10-4-2-3-5-10)13(18)15(19)21-16/h6-8,10H,2-5H2,1H3,(H2,19,20,21). The average Bonchev–Trinajstić information content (AvgIpc) is 2.98. The Morgan fingerprint density at radius 2 is 1.95 bits per heavy atom. The fraction of sp³-hybridized carbons (Fsp3) is 0.375. The minimum Gasteiger partial charge on any atom is -0.383 e. The Balaban J connectivity index is 2.08. The van der Waals surface area contributed by atoms with E-state index in [2.05, 4.69) is 27.6 Å². The predicted molar refractivity (Wildman–Crippen MR) is 95.6 cm³/mol. The van der Waals surface area contributed by atoms with Crippen LogP contribution < -0.4 is 5.73 Å². The lowest BCUT2D eigenvalue weighted by Crippen LogP contribution is -2.08. The third kappa shape index (κ3) is 3.01. The zero-order valence-corrected chi connectivity index (χ0v) is 14.8. The number of rotatable bonds is 2. The van der Waals surface area contributed by atoms with Crippen molar-refractivity contribution in [3.05, 3.63) is 38.0 Å². The molecule has 1 saturated carbocycles. The summed E-state index contributed by atoms with van der Waals surface area (Å²) in [5.74, 6) is 1.76. The van der Waals surface area contributed by atoms with E-state index in [0.29, 0.717) is 17.6 Å². The Morgan fingerprint density at radius 3 is 2.62 bits per heavy atom. The zero-order chi connectivity index (χ0) is 15.0. The van der Waals surface area contributed by atoms with Crippen LogP contribution in [0.4, 0.5) is 5.82 Å². The van der Waals surface area contributed by atoms with Crippen molar-refractivity contribution in [3.8, 4) is 11.4 Å². The molecule has 1 aliphatic rings. The second-order valence-corrected chi connectivity index (χ2v) is 7.06. The summed E-state index contributed by atoms with van der Waals surface area (Å²) in [6, 6.07) is 5.91.